The molecule has 0 aromatic rings. The zero-order valence-corrected chi connectivity index (χ0v) is 51.5. The van der Waals surface area contributed by atoms with Gasteiger partial charge in [0.1, 0.15) is 13.2 Å². The van der Waals surface area contributed by atoms with Gasteiger partial charge in [-0.3, -0.25) is 14.4 Å². The summed E-state index contributed by atoms with van der Waals surface area (Å²) in [7, 11) is 0. The fraction of sp³-hybridized carbons (Fsp3) is 0.817. The summed E-state index contributed by atoms with van der Waals surface area (Å²) in [6.45, 7) is 6.54. The summed E-state index contributed by atoms with van der Waals surface area (Å²) in [5.74, 6) is -0.889. The molecular formula is C71H128O6. The Hall–Kier alpha value is -2.89. The quantitative estimate of drug-likeness (QED) is 0.0261. The highest BCUT2D eigenvalue weighted by Gasteiger charge is 2.19. The van der Waals surface area contributed by atoms with Crippen LogP contribution in [0.3, 0.4) is 0 Å². The molecule has 6 nitrogen and oxygen atoms in total. The van der Waals surface area contributed by atoms with E-state index in [1.807, 2.05) is 0 Å². The van der Waals surface area contributed by atoms with Gasteiger partial charge in [-0.05, 0) is 83.5 Å². The number of ether oxygens (including phenoxy) is 3. The Balaban J connectivity index is 4.14. The van der Waals surface area contributed by atoms with E-state index >= 15 is 0 Å². The van der Waals surface area contributed by atoms with Crippen LogP contribution in [0, 0.1) is 0 Å². The predicted molar refractivity (Wildman–Crippen MR) is 335 cm³/mol. The summed E-state index contributed by atoms with van der Waals surface area (Å²) >= 11 is 0. The van der Waals surface area contributed by atoms with Crippen LogP contribution < -0.4 is 0 Å². The Kier molecular flexibility index (Phi) is 63.2. The molecule has 0 aliphatic carbocycles. The van der Waals surface area contributed by atoms with Crippen LogP contribution in [0.2, 0.25) is 0 Å². The number of allylic oxidation sites excluding steroid dienone is 10. The second-order valence-electron chi connectivity index (χ2n) is 22.7. The van der Waals surface area contributed by atoms with Gasteiger partial charge in [0.2, 0.25) is 0 Å². The van der Waals surface area contributed by atoms with Gasteiger partial charge in [0.25, 0.3) is 0 Å². The Morgan fingerprint density at radius 2 is 0.506 bits per heavy atom. The van der Waals surface area contributed by atoms with E-state index < -0.39 is 6.10 Å². The molecule has 0 rings (SSSR count). The number of rotatable bonds is 62. The highest BCUT2D eigenvalue weighted by atomic mass is 16.6. The molecule has 0 saturated carbocycles. The standard InChI is InChI=1S/C71H128O6/c1-4-7-10-13-16-19-22-25-27-28-29-30-31-32-33-34-35-36-37-38-39-40-41-42-44-46-49-52-55-58-61-64-70(73)76-67-68(66-75-69(72)63-60-57-54-51-48-45-24-21-18-15-12-9-6-3)77-71(74)65-62-59-56-53-50-47-43-26-23-20-17-14-11-8-5-2/h9,12,18,21-22,25,28-29,45,48,68H,4-8,10-11,13-17,19-20,23-24,26-27,30-44,46-47,49-67H2,1-3H3/b12-9-,21-18-,25-22-,29-28-,48-45-. The number of carbonyl (C=O) groups is 3. The van der Waals surface area contributed by atoms with Crippen LogP contribution in [0.25, 0.3) is 0 Å². The van der Waals surface area contributed by atoms with Crippen LogP contribution in [0.5, 0.6) is 0 Å². The van der Waals surface area contributed by atoms with Crippen molar-refractivity contribution in [3.05, 3.63) is 60.8 Å². The molecule has 448 valence electrons. The zero-order valence-electron chi connectivity index (χ0n) is 51.5. The van der Waals surface area contributed by atoms with Crippen molar-refractivity contribution < 1.29 is 28.6 Å². The summed E-state index contributed by atoms with van der Waals surface area (Å²) in [5, 5.41) is 0. The molecule has 0 aromatic heterocycles. The molecule has 0 saturated heterocycles. The van der Waals surface area contributed by atoms with Crippen molar-refractivity contribution in [3.8, 4) is 0 Å². The molecule has 0 heterocycles. The number of unbranched alkanes of at least 4 members (excludes halogenated alkanes) is 41. The van der Waals surface area contributed by atoms with Crippen LogP contribution in [0.4, 0.5) is 0 Å². The first-order valence-corrected chi connectivity index (χ1v) is 33.8. The number of carbonyl (C=O) groups excluding carboxylic acids is 3. The smallest absolute Gasteiger partial charge is 0.306 e. The average Bonchev–Trinajstić information content (AvgIpc) is 3.43. The van der Waals surface area contributed by atoms with Gasteiger partial charge < -0.3 is 14.2 Å². The number of hydrogen-bond acceptors (Lipinski definition) is 6. The molecule has 77 heavy (non-hydrogen) atoms. The van der Waals surface area contributed by atoms with Crippen LogP contribution in [-0.2, 0) is 28.6 Å². The van der Waals surface area contributed by atoms with Crippen molar-refractivity contribution in [1.29, 1.82) is 0 Å². The van der Waals surface area contributed by atoms with Crippen LogP contribution in [-0.4, -0.2) is 37.2 Å². The van der Waals surface area contributed by atoms with Crippen molar-refractivity contribution in [2.45, 2.75) is 361 Å². The molecule has 1 unspecified atom stereocenters. The van der Waals surface area contributed by atoms with Crippen molar-refractivity contribution in [1.82, 2.24) is 0 Å². The van der Waals surface area contributed by atoms with E-state index in [4.69, 9.17) is 14.2 Å². The normalized spacial score (nSPS) is 12.4. The largest absolute Gasteiger partial charge is 0.462 e. The van der Waals surface area contributed by atoms with E-state index in [-0.39, 0.29) is 31.1 Å². The van der Waals surface area contributed by atoms with Gasteiger partial charge in [-0.25, -0.2) is 0 Å². The van der Waals surface area contributed by atoms with Crippen LogP contribution >= 0.6 is 0 Å². The molecule has 0 aliphatic heterocycles. The fourth-order valence-corrected chi connectivity index (χ4v) is 9.96. The molecule has 0 radical (unpaired) electrons. The average molecular weight is 1080 g/mol. The molecule has 0 N–H and O–H groups in total. The third kappa shape index (κ3) is 63.8. The predicted octanol–water partition coefficient (Wildman–Crippen LogP) is 23.1. The van der Waals surface area contributed by atoms with Crippen molar-refractivity contribution in [2.24, 2.45) is 0 Å². The fourth-order valence-electron chi connectivity index (χ4n) is 9.96. The lowest BCUT2D eigenvalue weighted by Crippen LogP contribution is -2.30. The van der Waals surface area contributed by atoms with Crippen LogP contribution in [0.1, 0.15) is 355 Å². The molecule has 6 heteroatoms. The summed E-state index contributed by atoms with van der Waals surface area (Å²) in [6, 6.07) is 0. The Morgan fingerprint density at radius 3 is 0.805 bits per heavy atom. The number of hydrogen-bond donors (Lipinski definition) is 0. The van der Waals surface area contributed by atoms with Crippen molar-refractivity contribution in [2.75, 3.05) is 13.2 Å². The maximum atomic E-state index is 12.9. The van der Waals surface area contributed by atoms with Gasteiger partial charge in [-0.1, -0.05) is 313 Å². The van der Waals surface area contributed by atoms with E-state index in [0.29, 0.717) is 19.3 Å². The van der Waals surface area contributed by atoms with Gasteiger partial charge in [0, 0.05) is 19.3 Å². The van der Waals surface area contributed by atoms with Crippen LogP contribution in [0.15, 0.2) is 60.8 Å². The molecular weight excluding hydrogens is 949 g/mol. The van der Waals surface area contributed by atoms with E-state index in [9.17, 15) is 14.4 Å². The minimum atomic E-state index is -0.783. The Morgan fingerprint density at radius 1 is 0.273 bits per heavy atom. The molecule has 1 atom stereocenters. The molecule has 0 spiro atoms. The van der Waals surface area contributed by atoms with Gasteiger partial charge in [-0.15, -0.1) is 0 Å². The molecule has 0 aliphatic rings. The first kappa shape index (κ1) is 74.1. The third-order valence-corrected chi connectivity index (χ3v) is 15.0. The van der Waals surface area contributed by atoms with Crippen molar-refractivity contribution in [3.63, 3.8) is 0 Å². The number of esters is 3. The minimum Gasteiger partial charge on any atom is -0.462 e. The van der Waals surface area contributed by atoms with Gasteiger partial charge >= 0.3 is 17.9 Å². The molecule has 0 bridgehead atoms. The maximum Gasteiger partial charge on any atom is 0.306 e. The maximum absolute atomic E-state index is 12.9. The summed E-state index contributed by atoms with van der Waals surface area (Å²) in [5.41, 5.74) is 0. The molecule has 0 amide bonds. The van der Waals surface area contributed by atoms with Gasteiger partial charge in [0.15, 0.2) is 6.10 Å². The Labute approximate surface area is 479 Å². The van der Waals surface area contributed by atoms with E-state index in [1.54, 1.807) is 0 Å². The lowest BCUT2D eigenvalue weighted by molar-refractivity contribution is -0.167. The second kappa shape index (κ2) is 65.6. The van der Waals surface area contributed by atoms with Gasteiger partial charge in [0.05, 0.1) is 0 Å². The monoisotopic (exact) mass is 1080 g/mol. The lowest BCUT2D eigenvalue weighted by atomic mass is 10.0. The van der Waals surface area contributed by atoms with E-state index in [1.165, 1.54) is 225 Å². The highest BCUT2D eigenvalue weighted by Crippen LogP contribution is 2.18. The summed E-state index contributed by atoms with van der Waals surface area (Å²) < 4.78 is 16.9. The van der Waals surface area contributed by atoms with Gasteiger partial charge in [-0.2, -0.15) is 0 Å². The lowest BCUT2D eigenvalue weighted by Gasteiger charge is -2.18. The second-order valence-corrected chi connectivity index (χ2v) is 22.7. The zero-order chi connectivity index (χ0) is 55.7. The summed E-state index contributed by atoms with van der Waals surface area (Å²) in [6.07, 6.45) is 84.0. The third-order valence-electron chi connectivity index (χ3n) is 15.0. The minimum absolute atomic E-state index is 0.0789. The first-order valence-electron chi connectivity index (χ1n) is 33.8. The summed E-state index contributed by atoms with van der Waals surface area (Å²) in [4.78, 5) is 38.3. The van der Waals surface area contributed by atoms with E-state index in [2.05, 4.69) is 81.5 Å². The SMILES string of the molecule is CC/C=C\C/C=C\C/C=C\CCCCCC(=O)OCC(COC(=O)CCCCCCCCCCCCCCCCCCCCC/C=C\C/C=C\CCCCCCC)OC(=O)CCCCCCCCCCCCCCCCC. The topological polar surface area (TPSA) is 78.9 Å². The highest BCUT2D eigenvalue weighted by molar-refractivity contribution is 5.71. The van der Waals surface area contributed by atoms with E-state index in [0.717, 1.165) is 89.9 Å². The Bertz CT molecular complexity index is 1380. The van der Waals surface area contributed by atoms with Crippen molar-refractivity contribution >= 4 is 17.9 Å². The molecule has 0 aromatic carbocycles. The molecule has 0 fully saturated rings. The first-order chi connectivity index (χ1) is 38.0.